The van der Waals surface area contributed by atoms with Gasteiger partial charge in [-0.2, -0.15) is 0 Å². The number of aromatic amines is 2. The summed E-state index contributed by atoms with van der Waals surface area (Å²) in [5.74, 6) is 0. The standard InChI is InChI=1S/C10H12N2O/c1-2-3-7-6-12-9-8(7)4-5-11-10(9)13/h4-6,12H,2-3H2,1H3,(H,11,13). The van der Waals surface area contributed by atoms with Crippen molar-refractivity contribution in [3.8, 4) is 0 Å². The van der Waals surface area contributed by atoms with Gasteiger partial charge < -0.3 is 9.97 Å². The normalized spacial score (nSPS) is 10.8. The third-order valence-electron chi connectivity index (χ3n) is 2.22. The molecule has 2 rings (SSSR count). The lowest BCUT2D eigenvalue weighted by Gasteiger charge is -1.93. The van der Waals surface area contributed by atoms with Crippen LogP contribution in [0.3, 0.4) is 0 Å². The van der Waals surface area contributed by atoms with Crippen LogP contribution in [0.1, 0.15) is 18.9 Å². The summed E-state index contributed by atoms with van der Waals surface area (Å²) in [4.78, 5) is 16.9. The highest BCUT2D eigenvalue weighted by atomic mass is 16.1. The van der Waals surface area contributed by atoms with E-state index in [1.165, 1.54) is 5.56 Å². The number of fused-ring (bicyclic) bond motifs is 1. The highest BCUT2D eigenvalue weighted by Crippen LogP contribution is 2.15. The first-order valence-corrected chi connectivity index (χ1v) is 4.50. The minimum Gasteiger partial charge on any atom is -0.356 e. The molecule has 3 heteroatoms. The van der Waals surface area contributed by atoms with E-state index in [4.69, 9.17) is 0 Å². The molecule has 0 saturated heterocycles. The molecule has 3 nitrogen and oxygen atoms in total. The van der Waals surface area contributed by atoms with Crippen LogP contribution in [0.5, 0.6) is 0 Å². The van der Waals surface area contributed by atoms with Gasteiger partial charge in [-0.3, -0.25) is 4.79 Å². The van der Waals surface area contributed by atoms with E-state index in [0.29, 0.717) is 5.52 Å². The van der Waals surface area contributed by atoms with Gasteiger partial charge in [0, 0.05) is 17.8 Å². The molecule has 0 radical (unpaired) electrons. The van der Waals surface area contributed by atoms with Crippen LogP contribution < -0.4 is 5.56 Å². The van der Waals surface area contributed by atoms with Crippen LogP contribution in [0.25, 0.3) is 10.9 Å². The molecule has 0 bridgehead atoms. The fourth-order valence-corrected chi connectivity index (χ4v) is 1.60. The largest absolute Gasteiger partial charge is 0.356 e. The molecule has 13 heavy (non-hydrogen) atoms. The Balaban J connectivity index is 2.68. The van der Waals surface area contributed by atoms with Crippen molar-refractivity contribution in [1.29, 1.82) is 0 Å². The minimum absolute atomic E-state index is 0.0418. The molecule has 0 atom stereocenters. The molecule has 0 fully saturated rings. The van der Waals surface area contributed by atoms with Crippen molar-refractivity contribution in [1.82, 2.24) is 9.97 Å². The van der Waals surface area contributed by atoms with E-state index in [2.05, 4.69) is 16.9 Å². The lowest BCUT2D eigenvalue weighted by molar-refractivity contribution is 0.929. The zero-order valence-corrected chi connectivity index (χ0v) is 7.55. The van der Waals surface area contributed by atoms with Gasteiger partial charge in [-0.25, -0.2) is 0 Å². The Bertz CT molecular complexity index is 467. The Hall–Kier alpha value is -1.51. The highest BCUT2D eigenvalue weighted by Gasteiger charge is 2.03. The molecule has 0 aliphatic rings. The minimum atomic E-state index is -0.0418. The molecule has 0 aliphatic carbocycles. The first kappa shape index (κ1) is 8.10. The van der Waals surface area contributed by atoms with Gasteiger partial charge in [-0.1, -0.05) is 13.3 Å². The predicted octanol–water partition coefficient (Wildman–Crippen LogP) is 1.81. The fraction of sp³-hybridized carbons (Fsp3) is 0.300. The number of pyridine rings is 1. The van der Waals surface area contributed by atoms with Crippen LogP contribution in [0, 0.1) is 0 Å². The number of nitrogens with one attached hydrogen (secondary N) is 2. The molecular weight excluding hydrogens is 164 g/mol. The van der Waals surface area contributed by atoms with Gasteiger partial charge in [0.05, 0.1) is 0 Å². The molecule has 0 aromatic carbocycles. The van der Waals surface area contributed by atoms with Crippen LogP contribution >= 0.6 is 0 Å². The predicted molar refractivity (Wildman–Crippen MR) is 52.9 cm³/mol. The second-order valence-corrected chi connectivity index (χ2v) is 3.16. The molecule has 68 valence electrons. The molecule has 2 N–H and O–H groups in total. The Morgan fingerprint density at radius 3 is 3.00 bits per heavy atom. The van der Waals surface area contributed by atoms with E-state index in [-0.39, 0.29) is 5.56 Å². The van der Waals surface area contributed by atoms with Crippen molar-refractivity contribution in [2.45, 2.75) is 19.8 Å². The maximum absolute atomic E-state index is 11.3. The maximum atomic E-state index is 11.3. The Labute approximate surface area is 75.8 Å². The zero-order valence-electron chi connectivity index (χ0n) is 7.55. The first-order chi connectivity index (χ1) is 6.33. The molecule has 0 saturated carbocycles. The van der Waals surface area contributed by atoms with Gasteiger partial charge in [0.15, 0.2) is 0 Å². The summed E-state index contributed by atoms with van der Waals surface area (Å²) in [5, 5.41) is 1.05. The first-order valence-electron chi connectivity index (χ1n) is 4.50. The van der Waals surface area contributed by atoms with Gasteiger partial charge >= 0.3 is 0 Å². The third kappa shape index (κ3) is 1.26. The number of hydrogen-bond acceptors (Lipinski definition) is 1. The molecule has 0 amide bonds. The Morgan fingerprint density at radius 2 is 2.23 bits per heavy atom. The van der Waals surface area contributed by atoms with Crippen molar-refractivity contribution in [2.75, 3.05) is 0 Å². The van der Waals surface area contributed by atoms with Crippen molar-refractivity contribution in [3.63, 3.8) is 0 Å². The van der Waals surface area contributed by atoms with Gasteiger partial charge in [0.1, 0.15) is 5.52 Å². The maximum Gasteiger partial charge on any atom is 0.272 e. The SMILES string of the molecule is CCCc1c[nH]c2c(=O)[nH]ccc12. The number of hydrogen-bond donors (Lipinski definition) is 2. The summed E-state index contributed by atoms with van der Waals surface area (Å²) in [7, 11) is 0. The van der Waals surface area contributed by atoms with E-state index >= 15 is 0 Å². The molecule has 0 spiro atoms. The lowest BCUT2D eigenvalue weighted by Crippen LogP contribution is -2.03. The Morgan fingerprint density at radius 1 is 1.38 bits per heavy atom. The van der Waals surface area contributed by atoms with E-state index in [9.17, 15) is 4.79 Å². The van der Waals surface area contributed by atoms with Crippen molar-refractivity contribution in [3.05, 3.63) is 34.4 Å². The fourth-order valence-electron chi connectivity index (χ4n) is 1.60. The van der Waals surface area contributed by atoms with Crippen molar-refractivity contribution < 1.29 is 0 Å². The molecule has 0 aliphatic heterocycles. The van der Waals surface area contributed by atoms with Crippen molar-refractivity contribution in [2.24, 2.45) is 0 Å². The summed E-state index contributed by atoms with van der Waals surface area (Å²) in [5.41, 5.74) is 1.87. The Kier molecular flexibility index (Phi) is 1.93. The average molecular weight is 176 g/mol. The summed E-state index contributed by atoms with van der Waals surface area (Å²) in [6.07, 6.45) is 5.73. The highest BCUT2D eigenvalue weighted by molar-refractivity contribution is 5.81. The average Bonchev–Trinajstić information content (AvgIpc) is 2.51. The summed E-state index contributed by atoms with van der Waals surface area (Å²) >= 11 is 0. The summed E-state index contributed by atoms with van der Waals surface area (Å²) < 4.78 is 0. The molecule has 2 heterocycles. The van der Waals surface area contributed by atoms with E-state index in [1.54, 1.807) is 6.20 Å². The topological polar surface area (TPSA) is 48.6 Å². The van der Waals surface area contributed by atoms with Gasteiger partial charge in [-0.05, 0) is 18.1 Å². The van der Waals surface area contributed by atoms with Crippen LogP contribution in [-0.4, -0.2) is 9.97 Å². The molecule has 2 aromatic rings. The number of rotatable bonds is 2. The van der Waals surface area contributed by atoms with Crippen LogP contribution in [0.2, 0.25) is 0 Å². The molecule has 0 unspecified atom stereocenters. The summed E-state index contributed by atoms with van der Waals surface area (Å²) in [6.45, 7) is 2.13. The molecular formula is C10H12N2O. The van der Waals surface area contributed by atoms with Gasteiger partial charge in [0.25, 0.3) is 5.56 Å². The number of aromatic nitrogens is 2. The summed E-state index contributed by atoms with van der Waals surface area (Å²) in [6, 6.07) is 1.94. The monoisotopic (exact) mass is 176 g/mol. The third-order valence-corrected chi connectivity index (χ3v) is 2.22. The number of aryl methyl sites for hydroxylation is 1. The molecule has 2 aromatic heterocycles. The second kappa shape index (κ2) is 3.09. The lowest BCUT2D eigenvalue weighted by atomic mass is 10.1. The van der Waals surface area contributed by atoms with Gasteiger partial charge in [-0.15, -0.1) is 0 Å². The zero-order chi connectivity index (χ0) is 9.26. The van der Waals surface area contributed by atoms with Crippen LogP contribution in [-0.2, 0) is 6.42 Å². The quantitative estimate of drug-likeness (QED) is 0.720. The second-order valence-electron chi connectivity index (χ2n) is 3.16. The van der Waals surface area contributed by atoms with Crippen molar-refractivity contribution >= 4 is 10.9 Å². The van der Waals surface area contributed by atoms with E-state index in [1.807, 2.05) is 12.3 Å². The smallest absolute Gasteiger partial charge is 0.272 e. The number of H-pyrrole nitrogens is 2. The van der Waals surface area contributed by atoms with Crippen LogP contribution in [0.15, 0.2) is 23.3 Å². The van der Waals surface area contributed by atoms with E-state index < -0.39 is 0 Å². The van der Waals surface area contributed by atoms with E-state index in [0.717, 1.165) is 18.2 Å². The van der Waals surface area contributed by atoms with Gasteiger partial charge in [0.2, 0.25) is 0 Å². The van der Waals surface area contributed by atoms with Crippen LogP contribution in [0.4, 0.5) is 0 Å².